The van der Waals surface area contributed by atoms with E-state index in [-0.39, 0.29) is 281 Å². The molecule has 0 aliphatic heterocycles. The summed E-state index contributed by atoms with van der Waals surface area (Å²) in [6.07, 6.45) is 0. The fourth-order valence-electron chi connectivity index (χ4n) is 0. The normalized spacial score (nSPS) is 6.00. The van der Waals surface area contributed by atoms with Gasteiger partial charge in [0.1, 0.15) is 0 Å². The topological polar surface area (TPSA) is 124 Å². The van der Waals surface area contributed by atoms with Gasteiger partial charge < -0.3 is 33.7 Å². The standard InChI is InChI=1S/4Cs.O4Si.H2O/c;;;;1-5(2,3)4;/h;;;;;1H2/q4*+1;-4;. The molecule has 10 heteroatoms. The van der Waals surface area contributed by atoms with Crippen LogP contribution in [0.5, 0.6) is 0 Å². The van der Waals surface area contributed by atoms with Gasteiger partial charge in [0.25, 0.3) is 0 Å². The molecular weight excluding hydrogens is 640 g/mol. The first-order valence-electron chi connectivity index (χ1n) is 0.816. The predicted molar refractivity (Wildman–Crippen MR) is 9.37 cm³/mol. The van der Waals surface area contributed by atoms with Crippen molar-refractivity contribution in [2.75, 3.05) is 0 Å². The maximum Gasteiger partial charge on any atom is 1.00 e. The van der Waals surface area contributed by atoms with Crippen LogP contribution in [0.2, 0.25) is 0 Å². The third-order valence-electron chi connectivity index (χ3n) is 0. The van der Waals surface area contributed by atoms with Crippen LogP contribution in [0.1, 0.15) is 0 Å². The molecule has 0 aromatic rings. The van der Waals surface area contributed by atoms with Crippen LogP contribution in [0, 0.1) is 0 Å². The van der Waals surface area contributed by atoms with E-state index in [9.17, 15) is 0 Å². The zero-order valence-electron chi connectivity index (χ0n) is 6.63. The summed E-state index contributed by atoms with van der Waals surface area (Å²) in [5, 5.41) is 0. The minimum atomic E-state index is -5.61. The summed E-state index contributed by atoms with van der Waals surface area (Å²) in [6.45, 7) is 0. The molecule has 0 saturated heterocycles. The summed E-state index contributed by atoms with van der Waals surface area (Å²) in [5.74, 6) is 0. The first kappa shape index (κ1) is 36.2. The second kappa shape index (κ2) is 22.4. The fraction of sp³-hybridized carbons (Fsp3) is 0. The molecule has 0 radical (unpaired) electrons. The molecule has 0 aromatic heterocycles. The molecule has 0 unspecified atom stereocenters. The molecule has 0 saturated carbocycles. The van der Waals surface area contributed by atoms with Gasteiger partial charge >= 0.3 is 276 Å². The Morgan fingerprint density at radius 2 is 0.600 bits per heavy atom. The van der Waals surface area contributed by atoms with Crippen molar-refractivity contribution >= 4 is 9.05 Å². The molecule has 40 valence electrons. The number of hydrogen-bond donors (Lipinski definition) is 0. The van der Waals surface area contributed by atoms with Crippen molar-refractivity contribution < 1.29 is 300 Å². The van der Waals surface area contributed by atoms with E-state index in [0.29, 0.717) is 0 Å². The summed E-state index contributed by atoms with van der Waals surface area (Å²) in [6, 6.07) is 0. The summed E-state index contributed by atoms with van der Waals surface area (Å²) < 4.78 is 0. The molecule has 0 fully saturated rings. The maximum atomic E-state index is 8.58. The molecule has 10 heavy (non-hydrogen) atoms. The molecule has 0 rings (SSSR count). The SMILES string of the molecule is O.[Cs+].[Cs+].[Cs+].[Cs+].[O-][Si]([O-])([O-])[O-]. The molecule has 0 aromatic carbocycles. The van der Waals surface area contributed by atoms with E-state index in [4.69, 9.17) is 19.2 Å². The van der Waals surface area contributed by atoms with Crippen LogP contribution in [-0.4, -0.2) is 14.5 Å². The zero-order valence-corrected chi connectivity index (χ0v) is 32.8. The molecule has 0 aliphatic rings. The Morgan fingerprint density at radius 1 is 0.600 bits per heavy atom. The van der Waals surface area contributed by atoms with E-state index < -0.39 is 9.05 Å². The Morgan fingerprint density at radius 3 is 0.600 bits per heavy atom. The second-order valence-corrected chi connectivity index (χ2v) is 1.50. The van der Waals surface area contributed by atoms with Crippen LogP contribution in [0.3, 0.4) is 0 Å². The van der Waals surface area contributed by atoms with Crippen LogP contribution < -0.4 is 295 Å². The van der Waals surface area contributed by atoms with Gasteiger partial charge in [0.2, 0.25) is 0 Å². The Bertz CT molecular complexity index is 29.1. The van der Waals surface area contributed by atoms with Gasteiger partial charge in [-0.2, -0.15) is 0 Å². The van der Waals surface area contributed by atoms with Gasteiger partial charge in [-0.3, -0.25) is 0 Å². The van der Waals surface area contributed by atoms with Crippen LogP contribution in [0.15, 0.2) is 0 Å². The van der Waals surface area contributed by atoms with E-state index in [1.54, 1.807) is 0 Å². The van der Waals surface area contributed by atoms with Gasteiger partial charge in [0.05, 0.1) is 0 Å². The van der Waals surface area contributed by atoms with E-state index in [0.717, 1.165) is 0 Å². The molecule has 0 amide bonds. The molecule has 5 nitrogen and oxygen atoms in total. The minimum Gasteiger partial charge on any atom is -0.894 e. The Kier molecular flexibility index (Phi) is 81.1. The zero-order chi connectivity index (χ0) is 4.50. The van der Waals surface area contributed by atoms with Crippen molar-refractivity contribution in [3.05, 3.63) is 0 Å². The molecule has 0 atom stereocenters. The smallest absolute Gasteiger partial charge is 0.894 e. The van der Waals surface area contributed by atoms with Crippen molar-refractivity contribution in [2.24, 2.45) is 0 Å². The van der Waals surface area contributed by atoms with E-state index in [1.807, 2.05) is 0 Å². The van der Waals surface area contributed by atoms with Gasteiger partial charge in [-0.25, -0.2) is 0 Å². The van der Waals surface area contributed by atoms with Crippen molar-refractivity contribution in [3.63, 3.8) is 0 Å². The summed E-state index contributed by atoms with van der Waals surface area (Å²) >= 11 is 0. The summed E-state index contributed by atoms with van der Waals surface area (Å²) in [7, 11) is -5.61. The van der Waals surface area contributed by atoms with E-state index >= 15 is 0 Å². The van der Waals surface area contributed by atoms with Gasteiger partial charge in [0, 0.05) is 0 Å². The number of hydrogen-bond acceptors (Lipinski definition) is 4. The van der Waals surface area contributed by atoms with Crippen LogP contribution >= 0.6 is 0 Å². The molecule has 0 bridgehead atoms. The molecule has 2 N–H and O–H groups in total. The van der Waals surface area contributed by atoms with Gasteiger partial charge in [-0.1, -0.05) is 0 Å². The van der Waals surface area contributed by atoms with Gasteiger partial charge in [-0.05, 0) is 0 Å². The van der Waals surface area contributed by atoms with Crippen molar-refractivity contribution in [2.45, 2.75) is 0 Å². The van der Waals surface area contributed by atoms with Crippen molar-refractivity contribution in [1.29, 1.82) is 0 Å². The van der Waals surface area contributed by atoms with Gasteiger partial charge in [0.15, 0.2) is 0 Å². The maximum absolute atomic E-state index is 8.58. The average Bonchev–Trinajstić information content (AvgIpc) is 0.722. The monoisotopic (exact) mass is 642 g/mol. The third-order valence-corrected chi connectivity index (χ3v) is 0. The largest absolute Gasteiger partial charge is 1.00 e. The second-order valence-electron chi connectivity index (χ2n) is 0.500. The van der Waals surface area contributed by atoms with Crippen LogP contribution in [-0.2, 0) is 0 Å². The summed E-state index contributed by atoms with van der Waals surface area (Å²) in [4.78, 5) is 34.3. The minimum absolute atomic E-state index is 0. The van der Waals surface area contributed by atoms with Gasteiger partial charge in [-0.15, -0.1) is 0 Å². The number of rotatable bonds is 0. The van der Waals surface area contributed by atoms with Crippen molar-refractivity contribution in [3.8, 4) is 0 Å². The first-order chi connectivity index (χ1) is 2.00. The average molecular weight is 642 g/mol. The van der Waals surface area contributed by atoms with Crippen molar-refractivity contribution in [1.82, 2.24) is 0 Å². The molecule has 0 aliphatic carbocycles. The molecular formula is H2Cs4O5Si. The van der Waals surface area contributed by atoms with E-state index in [1.165, 1.54) is 0 Å². The third kappa shape index (κ3) is 55.6. The van der Waals surface area contributed by atoms with E-state index in [2.05, 4.69) is 0 Å². The quantitative estimate of drug-likeness (QED) is 0.244. The fourth-order valence-corrected chi connectivity index (χ4v) is 0. The Labute approximate surface area is 296 Å². The Hall–Kier alpha value is 8.22. The van der Waals surface area contributed by atoms with Crippen LogP contribution in [0.4, 0.5) is 0 Å². The van der Waals surface area contributed by atoms with Crippen LogP contribution in [0.25, 0.3) is 0 Å². The molecule has 0 spiro atoms. The predicted octanol–water partition coefficient (Wildman–Crippen LogP) is -17.9. The Balaban J connectivity index is -0.00000000800. The molecule has 0 heterocycles. The summed E-state index contributed by atoms with van der Waals surface area (Å²) in [5.41, 5.74) is 0. The first-order valence-corrected chi connectivity index (χ1v) is 2.45.